The van der Waals surface area contributed by atoms with Crippen molar-refractivity contribution < 1.29 is 19.7 Å². The molecule has 2 N–H and O–H groups in total. The highest BCUT2D eigenvalue weighted by Crippen LogP contribution is 2.34. The second-order valence-corrected chi connectivity index (χ2v) is 7.57. The monoisotopic (exact) mass is 485 g/mol. The quantitative estimate of drug-likeness (QED) is 0.315. The molecule has 140 valence electrons. The van der Waals surface area contributed by atoms with Gasteiger partial charge in [-0.15, -0.1) is 0 Å². The highest BCUT2D eigenvalue weighted by atomic mass is 127. The van der Waals surface area contributed by atoms with Crippen molar-refractivity contribution in [2.24, 2.45) is 0 Å². The first-order chi connectivity index (χ1) is 13.5. The molecule has 28 heavy (non-hydrogen) atoms. The third kappa shape index (κ3) is 3.60. The Morgan fingerprint density at radius 1 is 1.00 bits per heavy atom. The number of carboxylic acid groups (broad SMARTS) is 1. The zero-order valence-electron chi connectivity index (χ0n) is 14.7. The van der Waals surface area contributed by atoms with E-state index < -0.39 is 12.1 Å². The number of aromatic nitrogens is 1. The SMILES string of the molecule is O=C(O)[C@H](Cc1ccc(O)c(I)c1)Oc1c2ccccc2nc2ccccc12. The van der Waals surface area contributed by atoms with E-state index >= 15 is 0 Å². The number of hydrogen-bond acceptors (Lipinski definition) is 4. The number of phenolic OH excluding ortho intramolecular Hbond substituents is 1. The summed E-state index contributed by atoms with van der Waals surface area (Å²) in [6, 6.07) is 20.1. The van der Waals surface area contributed by atoms with E-state index in [1.54, 1.807) is 18.2 Å². The molecule has 0 bridgehead atoms. The molecule has 0 saturated heterocycles. The lowest BCUT2D eigenvalue weighted by Gasteiger charge is -2.18. The normalized spacial score (nSPS) is 12.2. The van der Waals surface area contributed by atoms with Crippen LogP contribution in [-0.2, 0) is 11.2 Å². The van der Waals surface area contributed by atoms with E-state index in [9.17, 15) is 15.0 Å². The first kappa shape index (κ1) is 18.5. The number of phenols is 1. The van der Waals surface area contributed by atoms with Crippen LogP contribution in [0.4, 0.5) is 0 Å². The van der Waals surface area contributed by atoms with Crippen molar-refractivity contribution in [3.63, 3.8) is 0 Å². The van der Waals surface area contributed by atoms with Crippen molar-refractivity contribution in [1.82, 2.24) is 4.98 Å². The Hall–Kier alpha value is -2.87. The molecule has 1 heterocycles. The predicted octanol–water partition coefficient (Wildman–Crippen LogP) is 4.77. The molecular formula is C22H16INO4. The molecular weight excluding hydrogens is 469 g/mol. The molecule has 0 aliphatic carbocycles. The fourth-order valence-electron chi connectivity index (χ4n) is 3.14. The summed E-state index contributed by atoms with van der Waals surface area (Å²) in [4.78, 5) is 16.6. The van der Waals surface area contributed by atoms with Crippen molar-refractivity contribution in [3.8, 4) is 11.5 Å². The summed E-state index contributed by atoms with van der Waals surface area (Å²) in [5, 5.41) is 21.0. The molecule has 0 spiro atoms. The van der Waals surface area contributed by atoms with Crippen LogP contribution in [0.5, 0.6) is 11.5 Å². The number of nitrogens with zero attached hydrogens (tertiary/aromatic N) is 1. The lowest BCUT2D eigenvalue weighted by Crippen LogP contribution is -2.29. The third-order valence-electron chi connectivity index (χ3n) is 4.51. The Bertz CT molecular complexity index is 1140. The van der Waals surface area contributed by atoms with Gasteiger partial charge in [-0.1, -0.05) is 30.3 Å². The van der Waals surface area contributed by atoms with Gasteiger partial charge in [0.15, 0.2) is 6.10 Å². The highest BCUT2D eigenvalue weighted by Gasteiger charge is 2.23. The molecule has 0 saturated carbocycles. The maximum atomic E-state index is 11.9. The summed E-state index contributed by atoms with van der Waals surface area (Å²) >= 11 is 2.01. The van der Waals surface area contributed by atoms with Gasteiger partial charge in [0.05, 0.1) is 14.6 Å². The second-order valence-electron chi connectivity index (χ2n) is 6.41. The van der Waals surface area contributed by atoms with Crippen molar-refractivity contribution in [1.29, 1.82) is 0 Å². The van der Waals surface area contributed by atoms with Crippen LogP contribution >= 0.6 is 22.6 Å². The van der Waals surface area contributed by atoms with E-state index in [1.165, 1.54) is 0 Å². The van der Waals surface area contributed by atoms with E-state index in [4.69, 9.17) is 4.74 Å². The zero-order valence-corrected chi connectivity index (χ0v) is 16.8. The minimum absolute atomic E-state index is 0.170. The first-order valence-electron chi connectivity index (χ1n) is 8.67. The number of aromatic hydroxyl groups is 1. The predicted molar refractivity (Wildman–Crippen MR) is 116 cm³/mol. The average molecular weight is 485 g/mol. The van der Waals surface area contributed by atoms with Crippen LogP contribution < -0.4 is 4.74 Å². The molecule has 0 amide bonds. The maximum Gasteiger partial charge on any atom is 0.345 e. The number of para-hydroxylation sites is 2. The molecule has 4 aromatic rings. The van der Waals surface area contributed by atoms with Crippen LogP contribution in [0.15, 0.2) is 66.7 Å². The lowest BCUT2D eigenvalue weighted by atomic mass is 10.1. The summed E-state index contributed by atoms with van der Waals surface area (Å²) in [7, 11) is 0. The number of ether oxygens (including phenoxy) is 1. The number of benzene rings is 3. The number of hydrogen-bond donors (Lipinski definition) is 2. The topological polar surface area (TPSA) is 79.7 Å². The Morgan fingerprint density at radius 3 is 2.18 bits per heavy atom. The number of rotatable bonds is 5. The van der Waals surface area contributed by atoms with Gasteiger partial charge in [0, 0.05) is 17.2 Å². The van der Waals surface area contributed by atoms with Crippen molar-refractivity contribution >= 4 is 50.4 Å². The average Bonchev–Trinajstić information content (AvgIpc) is 2.69. The lowest BCUT2D eigenvalue weighted by molar-refractivity contribution is -0.144. The highest BCUT2D eigenvalue weighted by molar-refractivity contribution is 14.1. The molecule has 1 atom stereocenters. The fraction of sp³-hybridized carbons (Fsp3) is 0.0909. The molecule has 3 aromatic carbocycles. The molecule has 0 radical (unpaired) electrons. The van der Waals surface area contributed by atoms with Crippen LogP contribution in [0, 0.1) is 3.57 Å². The van der Waals surface area contributed by atoms with Crippen molar-refractivity contribution in [2.45, 2.75) is 12.5 Å². The molecule has 6 heteroatoms. The Labute approximate surface area is 174 Å². The van der Waals surface area contributed by atoms with Gasteiger partial charge in [0.25, 0.3) is 0 Å². The molecule has 4 rings (SSSR count). The first-order valence-corrected chi connectivity index (χ1v) is 9.75. The minimum atomic E-state index is -1.07. The smallest absolute Gasteiger partial charge is 0.345 e. The standard InChI is InChI=1S/C22H16INO4/c23-16-11-13(9-10-19(16)25)12-20(22(26)27)28-21-14-5-1-3-7-17(14)24-18-8-4-2-6-15(18)21/h1-11,20,25H,12H2,(H,26,27)/t20-/m0/s1. The third-order valence-corrected chi connectivity index (χ3v) is 5.37. The molecule has 0 fully saturated rings. The molecule has 0 aliphatic rings. The zero-order chi connectivity index (χ0) is 19.7. The van der Waals surface area contributed by atoms with Crippen LogP contribution in [0.25, 0.3) is 21.8 Å². The van der Waals surface area contributed by atoms with Gasteiger partial charge in [-0.05, 0) is 64.6 Å². The van der Waals surface area contributed by atoms with Gasteiger partial charge in [0.2, 0.25) is 0 Å². The summed E-state index contributed by atoms with van der Waals surface area (Å²) in [5.41, 5.74) is 2.27. The van der Waals surface area contributed by atoms with E-state index in [1.807, 2.05) is 71.1 Å². The fourth-order valence-corrected chi connectivity index (χ4v) is 3.72. The van der Waals surface area contributed by atoms with E-state index in [0.717, 1.165) is 27.4 Å². The Morgan fingerprint density at radius 2 is 1.61 bits per heavy atom. The second kappa shape index (κ2) is 7.63. The summed E-state index contributed by atoms with van der Waals surface area (Å²) in [5.74, 6) is -0.363. The minimum Gasteiger partial charge on any atom is -0.507 e. The van der Waals surface area contributed by atoms with Gasteiger partial charge in [0.1, 0.15) is 11.5 Å². The van der Waals surface area contributed by atoms with Gasteiger partial charge in [-0.3, -0.25) is 0 Å². The van der Waals surface area contributed by atoms with E-state index in [-0.39, 0.29) is 12.2 Å². The Kier molecular flexibility index (Phi) is 5.04. The number of carbonyl (C=O) groups is 1. The summed E-state index contributed by atoms with van der Waals surface area (Å²) in [6.45, 7) is 0. The number of halogens is 1. The van der Waals surface area contributed by atoms with Gasteiger partial charge >= 0.3 is 5.97 Å². The van der Waals surface area contributed by atoms with Crippen LogP contribution in [0.3, 0.4) is 0 Å². The van der Waals surface area contributed by atoms with Crippen molar-refractivity contribution in [3.05, 3.63) is 75.9 Å². The van der Waals surface area contributed by atoms with E-state index in [0.29, 0.717) is 9.32 Å². The Balaban J connectivity index is 1.78. The number of aliphatic carboxylic acids is 1. The van der Waals surface area contributed by atoms with Crippen LogP contribution in [0.1, 0.15) is 5.56 Å². The van der Waals surface area contributed by atoms with Crippen LogP contribution in [0.2, 0.25) is 0 Å². The summed E-state index contributed by atoms with van der Waals surface area (Å²) < 4.78 is 6.74. The maximum absolute atomic E-state index is 11.9. The van der Waals surface area contributed by atoms with Crippen molar-refractivity contribution in [2.75, 3.05) is 0 Å². The molecule has 5 nitrogen and oxygen atoms in total. The number of fused-ring (bicyclic) bond motifs is 2. The molecule has 1 aromatic heterocycles. The van der Waals surface area contributed by atoms with Crippen LogP contribution in [-0.4, -0.2) is 27.3 Å². The van der Waals surface area contributed by atoms with Gasteiger partial charge < -0.3 is 14.9 Å². The number of pyridine rings is 1. The van der Waals surface area contributed by atoms with Gasteiger partial charge in [-0.2, -0.15) is 0 Å². The summed E-state index contributed by atoms with van der Waals surface area (Å²) in [6.07, 6.45) is -0.897. The molecule has 0 unspecified atom stereocenters. The van der Waals surface area contributed by atoms with E-state index in [2.05, 4.69) is 4.98 Å². The van der Waals surface area contributed by atoms with Gasteiger partial charge in [-0.25, -0.2) is 9.78 Å². The molecule has 0 aliphatic heterocycles. The largest absolute Gasteiger partial charge is 0.507 e. The number of carboxylic acids is 1.